The van der Waals surface area contributed by atoms with E-state index >= 15 is 0 Å². The van der Waals surface area contributed by atoms with Crippen LogP contribution in [0.5, 0.6) is 0 Å². The summed E-state index contributed by atoms with van der Waals surface area (Å²) < 4.78 is 0. The molecule has 0 aromatic heterocycles. The predicted octanol–water partition coefficient (Wildman–Crippen LogP) is 2.47. The fraction of sp³-hybridized carbons (Fsp3) is 0.714. The van der Waals surface area contributed by atoms with Crippen LogP contribution >= 0.6 is 0 Å². The number of hydrogen-bond donors (Lipinski definition) is 0. The van der Waals surface area contributed by atoms with E-state index in [0.29, 0.717) is 0 Å². The van der Waals surface area contributed by atoms with Crippen molar-refractivity contribution in [2.45, 2.75) is 28.2 Å². The van der Waals surface area contributed by atoms with Crippen molar-refractivity contribution >= 4 is 8.41 Å². The Balaban J connectivity index is -0.0000000417. The first-order chi connectivity index (χ1) is 2.77. The van der Waals surface area contributed by atoms with E-state index in [0.717, 1.165) is 5.92 Å². The maximum Gasteiger partial charge on any atom is 0 e. The Morgan fingerprint density at radius 1 is 1.22 bits per heavy atom. The van der Waals surface area contributed by atoms with E-state index in [9.17, 15) is 0 Å². The Kier molecular flexibility index (Phi) is 39.9. The fourth-order valence-corrected chi connectivity index (χ4v) is 0.385. The maximum atomic E-state index is 2.17. The molecule has 0 amide bonds. The van der Waals surface area contributed by atoms with Gasteiger partial charge in [-0.2, -0.15) is 0 Å². The summed E-state index contributed by atoms with van der Waals surface area (Å²) in [6.07, 6.45) is 4.24. The Hall–Kier alpha value is 0.909. The number of allylic oxidation sites excluding steroid dienone is 2. The summed E-state index contributed by atoms with van der Waals surface area (Å²) in [6.45, 7) is 6.38. The molecule has 0 unspecified atom stereocenters. The van der Waals surface area contributed by atoms with Crippen molar-refractivity contribution in [3.8, 4) is 0 Å². The van der Waals surface area contributed by atoms with Crippen LogP contribution in [0, 0.1) is 5.92 Å². The molecule has 0 saturated carbocycles. The van der Waals surface area contributed by atoms with Crippen LogP contribution in [0.1, 0.15) is 28.2 Å². The molecule has 0 spiro atoms. The summed E-state index contributed by atoms with van der Waals surface area (Å²) in [5.74, 6) is 0.718. The zero-order chi connectivity index (χ0) is 4.99. The Labute approximate surface area is 87.0 Å². The molecule has 9 heavy (non-hydrogen) atoms. The second-order valence-corrected chi connectivity index (χ2v) is 1.77. The van der Waals surface area contributed by atoms with Crippen molar-refractivity contribution in [3.63, 3.8) is 0 Å². The molecule has 2 heteroatoms. The van der Waals surface area contributed by atoms with Crippen molar-refractivity contribution < 1.29 is 32.7 Å². The van der Waals surface area contributed by atoms with Crippen molar-refractivity contribution in [2.24, 2.45) is 5.92 Å². The van der Waals surface area contributed by atoms with Crippen LogP contribution in [0.4, 0.5) is 0 Å². The third-order valence-corrected chi connectivity index (χ3v) is 0.577. The van der Waals surface area contributed by atoms with Gasteiger partial charge in [0.1, 0.15) is 0 Å². The number of hydrogen-bond acceptors (Lipinski definition) is 0. The van der Waals surface area contributed by atoms with Gasteiger partial charge in [-0.1, -0.05) is 33.4 Å². The van der Waals surface area contributed by atoms with Crippen LogP contribution in [0.25, 0.3) is 0 Å². The smallest absolute Gasteiger partial charge is 0 e. The number of rotatable bonds is 1. The van der Waals surface area contributed by atoms with E-state index in [4.69, 9.17) is 0 Å². The van der Waals surface area contributed by atoms with Crippen molar-refractivity contribution in [1.82, 2.24) is 0 Å². The predicted molar refractivity (Wildman–Crippen MR) is 42.1 cm³/mol. The summed E-state index contributed by atoms with van der Waals surface area (Å²) in [5.41, 5.74) is 0. The molecule has 0 heterocycles. The summed E-state index contributed by atoms with van der Waals surface area (Å²) in [7, 11) is 0. The Morgan fingerprint density at radius 3 is 1.56 bits per heavy atom. The van der Waals surface area contributed by atoms with Crippen LogP contribution in [-0.4, -0.2) is 8.41 Å². The quantitative estimate of drug-likeness (QED) is 0.450. The monoisotopic (exact) mass is 200 g/mol. The van der Waals surface area contributed by atoms with Gasteiger partial charge in [0.15, 0.2) is 0 Å². The first kappa shape index (κ1) is 22.5. The molecule has 0 aromatic rings. The van der Waals surface area contributed by atoms with Gasteiger partial charge in [0.25, 0.3) is 0 Å². The molecule has 0 fully saturated rings. The van der Waals surface area contributed by atoms with Crippen LogP contribution in [0.3, 0.4) is 0 Å². The van der Waals surface area contributed by atoms with Crippen molar-refractivity contribution in [2.75, 3.05) is 0 Å². The van der Waals surface area contributed by atoms with Crippen LogP contribution in [-0.2, 0) is 32.7 Å². The van der Waals surface area contributed by atoms with E-state index in [-0.39, 0.29) is 48.5 Å². The van der Waals surface area contributed by atoms with E-state index in [1.807, 2.05) is 6.92 Å². The second-order valence-electron chi connectivity index (χ2n) is 1.77. The Morgan fingerprint density at radius 2 is 1.56 bits per heavy atom. The van der Waals surface area contributed by atoms with Gasteiger partial charge in [-0.15, -0.1) is 0 Å². The summed E-state index contributed by atoms with van der Waals surface area (Å²) >= 11 is 0. The topological polar surface area (TPSA) is 0 Å². The van der Waals surface area contributed by atoms with Crippen LogP contribution in [0.2, 0.25) is 0 Å². The van der Waals surface area contributed by atoms with Gasteiger partial charge in [-0.3, -0.25) is 0 Å². The zero-order valence-corrected chi connectivity index (χ0v) is 8.73. The first-order valence-electron chi connectivity index (χ1n) is 2.40. The minimum Gasteiger partial charge on any atom is -0.0914 e. The molecule has 0 N–H and O–H groups in total. The van der Waals surface area contributed by atoms with Gasteiger partial charge in [0.2, 0.25) is 0 Å². The molecule has 0 aromatic carbocycles. The molecule has 0 aliphatic heterocycles. The summed E-state index contributed by atoms with van der Waals surface area (Å²) in [5, 5.41) is 0. The summed E-state index contributed by atoms with van der Waals surface area (Å²) in [4.78, 5) is 0. The molecular formula is C7H16BY. The van der Waals surface area contributed by atoms with Gasteiger partial charge in [-0.05, 0) is 12.8 Å². The third kappa shape index (κ3) is 27.8. The minimum atomic E-state index is 0. The third-order valence-electron chi connectivity index (χ3n) is 0.577. The molecule has 50 valence electrons. The average molecular weight is 200 g/mol. The fourth-order valence-electron chi connectivity index (χ4n) is 0.385. The minimum absolute atomic E-state index is 0. The molecule has 0 aliphatic carbocycles. The van der Waals surface area contributed by atoms with Crippen LogP contribution < -0.4 is 0 Å². The molecular weight excluding hydrogens is 184 g/mol. The SMILES string of the molecule is C.C/C=C/C(C)C.[B].[Y]. The molecule has 0 rings (SSSR count). The van der Waals surface area contributed by atoms with E-state index in [1.54, 1.807) is 0 Å². The molecule has 0 nitrogen and oxygen atoms in total. The van der Waals surface area contributed by atoms with Gasteiger partial charge in [0, 0.05) is 41.1 Å². The van der Waals surface area contributed by atoms with E-state index in [1.165, 1.54) is 0 Å². The molecule has 0 atom stereocenters. The second kappa shape index (κ2) is 16.0. The average Bonchev–Trinajstić information content (AvgIpc) is 1.35. The molecule has 0 bridgehead atoms. The summed E-state index contributed by atoms with van der Waals surface area (Å²) in [6, 6.07) is 0. The van der Waals surface area contributed by atoms with Crippen molar-refractivity contribution in [3.05, 3.63) is 12.2 Å². The maximum absolute atomic E-state index is 2.17. The van der Waals surface area contributed by atoms with E-state index < -0.39 is 0 Å². The molecule has 4 radical (unpaired) electrons. The van der Waals surface area contributed by atoms with Gasteiger partial charge in [-0.25, -0.2) is 0 Å². The van der Waals surface area contributed by atoms with Gasteiger partial charge < -0.3 is 0 Å². The Bertz CT molecular complexity index is 50.9. The molecule has 0 aliphatic rings. The zero-order valence-electron chi connectivity index (χ0n) is 5.89. The van der Waals surface area contributed by atoms with E-state index in [2.05, 4.69) is 26.0 Å². The standard InChI is InChI=1S/C6H12.CH4.B.Y/c1-4-5-6(2)3;;;/h4-6H,1-3H3;1H4;;/b5-4+;;;. The van der Waals surface area contributed by atoms with Crippen molar-refractivity contribution in [1.29, 1.82) is 0 Å². The van der Waals surface area contributed by atoms with Gasteiger partial charge in [0.05, 0.1) is 0 Å². The molecule has 0 saturated heterocycles. The van der Waals surface area contributed by atoms with Crippen LogP contribution in [0.15, 0.2) is 12.2 Å². The largest absolute Gasteiger partial charge is 0.0914 e. The first-order valence-corrected chi connectivity index (χ1v) is 2.40. The van der Waals surface area contributed by atoms with Gasteiger partial charge >= 0.3 is 0 Å². The normalized spacial score (nSPS) is 7.56.